The Morgan fingerprint density at radius 2 is 1.93 bits per heavy atom. The molecule has 1 aromatic carbocycles. The SMILES string of the molecule is CCOC(=O)/C=C/C(=O)NC(=S)NNC(=O)C1CC(=O)N(Cc2ccccc2)C1. The first kappa shape index (κ1) is 22.0. The lowest BCUT2D eigenvalue weighted by Crippen LogP contribution is -2.50. The fourth-order valence-electron chi connectivity index (χ4n) is 2.64. The van der Waals surface area contributed by atoms with Crippen LogP contribution in [0.2, 0.25) is 0 Å². The molecule has 154 valence electrons. The molecule has 29 heavy (non-hydrogen) atoms. The van der Waals surface area contributed by atoms with Gasteiger partial charge in [-0.05, 0) is 24.7 Å². The first-order valence-electron chi connectivity index (χ1n) is 8.96. The summed E-state index contributed by atoms with van der Waals surface area (Å²) in [5.41, 5.74) is 5.77. The summed E-state index contributed by atoms with van der Waals surface area (Å²) in [6.45, 7) is 2.58. The Morgan fingerprint density at radius 1 is 1.21 bits per heavy atom. The van der Waals surface area contributed by atoms with Gasteiger partial charge in [-0.1, -0.05) is 30.3 Å². The molecule has 0 saturated carbocycles. The molecule has 1 unspecified atom stereocenters. The molecule has 2 rings (SSSR count). The molecule has 1 saturated heterocycles. The Morgan fingerprint density at radius 3 is 2.62 bits per heavy atom. The van der Waals surface area contributed by atoms with Crippen LogP contribution in [0.4, 0.5) is 0 Å². The Labute approximate surface area is 173 Å². The lowest BCUT2D eigenvalue weighted by Gasteiger charge is -2.17. The van der Waals surface area contributed by atoms with Gasteiger partial charge < -0.3 is 9.64 Å². The molecule has 1 aliphatic heterocycles. The topological polar surface area (TPSA) is 117 Å². The van der Waals surface area contributed by atoms with Crippen molar-refractivity contribution >= 4 is 41.0 Å². The van der Waals surface area contributed by atoms with Crippen molar-refractivity contribution in [2.45, 2.75) is 19.9 Å². The van der Waals surface area contributed by atoms with Crippen molar-refractivity contribution in [3.63, 3.8) is 0 Å². The number of hydrogen-bond donors (Lipinski definition) is 3. The number of nitrogens with one attached hydrogen (secondary N) is 3. The van der Waals surface area contributed by atoms with E-state index in [-0.39, 0.29) is 24.0 Å². The standard InChI is InChI=1S/C19H22N4O5S/c1-2-28-17(26)9-8-15(24)20-19(29)22-21-18(27)14-10-16(25)23(12-14)11-13-6-4-3-5-7-13/h3-9,14H,2,10-12H2,1H3,(H,21,27)(H2,20,22,24,29)/b9-8+. The molecule has 1 heterocycles. The quantitative estimate of drug-likeness (QED) is 0.261. The van der Waals surface area contributed by atoms with Gasteiger partial charge in [-0.15, -0.1) is 0 Å². The second kappa shape index (κ2) is 10.9. The van der Waals surface area contributed by atoms with Crippen LogP contribution in [0.3, 0.4) is 0 Å². The van der Waals surface area contributed by atoms with Crippen LogP contribution in [0.1, 0.15) is 18.9 Å². The molecule has 1 aliphatic rings. The molecule has 0 aromatic heterocycles. The number of thiocarbonyl (C=S) groups is 1. The highest BCUT2D eigenvalue weighted by Crippen LogP contribution is 2.20. The maximum Gasteiger partial charge on any atom is 0.330 e. The van der Waals surface area contributed by atoms with E-state index in [1.807, 2.05) is 30.3 Å². The van der Waals surface area contributed by atoms with Crippen molar-refractivity contribution < 1.29 is 23.9 Å². The lowest BCUT2D eigenvalue weighted by molar-refractivity contribution is -0.137. The van der Waals surface area contributed by atoms with Gasteiger partial charge in [0.05, 0.1) is 12.5 Å². The summed E-state index contributed by atoms with van der Waals surface area (Å²) < 4.78 is 4.65. The molecule has 1 aromatic rings. The summed E-state index contributed by atoms with van der Waals surface area (Å²) >= 11 is 4.90. The van der Waals surface area contributed by atoms with E-state index in [0.717, 1.165) is 17.7 Å². The molecular formula is C19H22N4O5S. The molecule has 0 bridgehead atoms. The van der Waals surface area contributed by atoms with Gasteiger partial charge in [-0.25, -0.2) is 4.79 Å². The summed E-state index contributed by atoms with van der Waals surface area (Å²) in [5.74, 6) is -2.35. The van der Waals surface area contributed by atoms with Crippen LogP contribution in [-0.2, 0) is 30.5 Å². The number of likely N-dealkylation sites (tertiary alicyclic amines) is 1. The van der Waals surface area contributed by atoms with Crippen LogP contribution in [0.25, 0.3) is 0 Å². The minimum atomic E-state index is -0.658. The average molecular weight is 418 g/mol. The van der Waals surface area contributed by atoms with E-state index in [2.05, 4.69) is 20.9 Å². The van der Waals surface area contributed by atoms with Gasteiger partial charge in [0.2, 0.25) is 17.7 Å². The molecule has 0 aliphatic carbocycles. The van der Waals surface area contributed by atoms with Crippen LogP contribution >= 0.6 is 12.2 Å². The maximum absolute atomic E-state index is 12.3. The number of hydrazine groups is 1. The van der Waals surface area contributed by atoms with Crippen LogP contribution in [0, 0.1) is 5.92 Å². The minimum Gasteiger partial charge on any atom is -0.463 e. The van der Waals surface area contributed by atoms with E-state index < -0.39 is 23.7 Å². The number of hydrogen-bond acceptors (Lipinski definition) is 6. The van der Waals surface area contributed by atoms with Gasteiger partial charge in [0, 0.05) is 31.7 Å². The Balaban J connectivity index is 1.74. The minimum absolute atomic E-state index is 0.0990. The summed E-state index contributed by atoms with van der Waals surface area (Å²) in [6.07, 6.45) is 2.03. The first-order valence-corrected chi connectivity index (χ1v) is 9.37. The van der Waals surface area contributed by atoms with Gasteiger partial charge >= 0.3 is 5.97 Å². The third-order valence-corrected chi connectivity index (χ3v) is 4.20. The van der Waals surface area contributed by atoms with Crippen molar-refractivity contribution in [3.05, 3.63) is 48.0 Å². The van der Waals surface area contributed by atoms with Crippen molar-refractivity contribution in [2.75, 3.05) is 13.2 Å². The number of esters is 1. The van der Waals surface area contributed by atoms with Gasteiger partial charge in [0.25, 0.3) is 0 Å². The van der Waals surface area contributed by atoms with E-state index in [1.54, 1.807) is 11.8 Å². The predicted octanol–water partition coefficient (Wildman–Crippen LogP) is 0.176. The normalized spacial score (nSPS) is 15.8. The number of nitrogens with zero attached hydrogens (tertiary/aromatic N) is 1. The first-order chi connectivity index (χ1) is 13.9. The number of rotatable bonds is 6. The Bertz CT molecular complexity index is 812. The average Bonchev–Trinajstić information content (AvgIpc) is 3.06. The lowest BCUT2D eigenvalue weighted by atomic mass is 10.1. The van der Waals surface area contributed by atoms with Crippen LogP contribution in [0.15, 0.2) is 42.5 Å². The zero-order valence-corrected chi connectivity index (χ0v) is 16.7. The van der Waals surface area contributed by atoms with Gasteiger partial charge in [0.1, 0.15) is 0 Å². The van der Waals surface area contributed by atoms with E-state index in [9.17, 15) is 19.2 Å². The second-order valence-electron chi connectivity index (χ2n) is 6.18. The van der Waals surface area contributed by atoms with Crippen molar-refractivity contribution in [1.29, 1.82) is 0 Å². The number of amides is 3. The smallest absolute Gasteiger partial charge is 0.330 e. The molecule has 1 fully saturated rings. The summed E-state index contributed by atoms with van der Waals surface area (Å²) in [6, 6.07) is 9.51. The van der Waals surface area contributed by atoms with Crippen molar-refractivity contribution in [2.24, 2.45) is 5.92 Å². The number of benzene rings is 1. The molecule has 1 atom stereocenters. The highest BCUT2D eigenvalue weighted by atomic mass is 32.1. The molecule has 0 radical (unpaired) electrons. The van der Waals surface area contributed by atoms with Crippen LogP contribution < -0.4 is 16.2 Å². The predicted molar refractivity (Wildman–Crippen MR) is 108 cm³/mol. The molecule has 3 N–H and O–H groups in total. The Kier molecular flexibility index (Phi) is 8.28. The third kappa shape index (κ3) is 7.34. The van der Waals surface area contributed by atoms with Crippen molar-refractivity contribution in [3.8, 4) is 0 Å². The monoisotopic (exact) mass is 418 g/mol. The van der Waals surface area contributed by atoms with E-state index in [4.69, 9.17) is 12.2 Å². The largest absolute Gasteiger partial charge is 0.463 e. The van der Waals surface area contributed by atoms with Gasteiger partial charge in [-0.2, -0.15) is 0 Å². The number of ether oxygens (including phenoxy) is 1. The second-order valence-corrected chi connectivity index (χ2v) is 6.59. The summed E-state index contributed by atoms with van der Waals surface area (Å²) in [7, 11) is 0. The zero-order valence-electron chi connectivity index (χ0n) is 15.8. The maximum atomic E-state index is 12.3. The van der Waals surface area contributed by atoms with E-state index in [0.29, 0.717) is 13.1 Å². The zero-order chi connectivity index (χ0) is 21.2. The van der Waals surface area contributed by atoms with Crippen LogP contribution in [-0.4, -0.2) is 46.9 Å². The molecule has 3 amide bonds. The number of carbonyl (C=O) groups is 4. The fraction of sp³-hybridized carbons (Fsp3) is 0.316. The van der Waals surface area contributed by atoms with Gasteiger partial charge in [-0.3, -0.25) is 30.6 Å². The van der Waals surface area contributed by atoms with Crippen molar-refractivity contribution in [1.82, 2.24) is 21.1 Å². The Hall–Kier alpha value is -3.27. The van der Waals surface area contributed by atoms with Gasteiger partial charge in [0.15, 0.2) is 5.11 Å². The van der Waals surface area contributed by atoms with Crippen LogP contribution in [0.5, 0.6) is 0 Å². The van der Waals surface area contributed by atoms with E-state index in [1.165, 1.54) is 0 Å². The number of carbonyl (C=O) groups excluding carboxylic acids is 4. The molecule has 10 heteroatoms. The fourth-order valence-corrected chi connectivity index (χ4v) is 2.80. The summed E-state index contributed by atoms with van der Waals surface area (Å²) in [5, 5.41) is 2.12. The molecule has 0 spiro atoms. The summed E-state index contributed by atoms with van der Waals surface area (Å²) in [4.78, 5) is 48.8. The highest BCUT2D eigenvalue weighted by molar-refractivity contribution is 7.80. The third-order valence-electron chi connectivity index (χ3n) is 3.99. The highest BCUT2D eigenvalue weighted by Gasteiger charge is 2.34. The molecular weight excluding hydrogens is 396 g/mol. The molecule has 9 nitrogen and oxygen atoms in total. The van der Waals surface area contributed by atoms with E-state index >= 15 is 0 Å².